The molecule has 0 aliphatic carbocycles. The number of nitrogens with zero attached hydrogens (tertiary/aromatic N) is 1. The van der Waals surface area contributed by atoms with Crippen molar-refractivity contribution in [2.75, 3.05) is 4.90 Å². The first-order chi connectivity index (χ1) is 18.9. The first kappa shape index (κ1) is 22.5. The summed E-state index contributed by atoms with van der Waals surface area (Å²) in [6.07, 6.45) is 0. The zero-order valence-electron chi connectivity index (χ0n) is 22.6. The van der Waals surface area contributed by atoms with Crippen LogP contribution in [0.2, 0.25) is 0 Å². The van der Waals surface area contributed by atoms with Crippen LogP contribution in [0.5, 0.6) is 23.0 Å². The van der Waals surface area contributed by atoms with Crippen molar-refractivity contribution in [3.8, 4) is 23.0 Å². The summed E-state index contributed by atoms with van der Waals surface area (Å²) in [5, 5.41) is 0. The van der Waals surface area contributed by atoms with E-state index < -0.39 is 0 Å². The average molecular weight is 505 g/mol. The van der Waals surface area contributed by atoms with Gasteiger partial charge in [-0.15, -0.1) is 0 Å². The Bertz CT molecular complexity index is 1710. The molecule has 188 valence electrons. The van der Waals surface area contributed by atoms with Crippen LogP contribution in [0.3, 0.4) is 0 Å². The van der Waals surface area contributed by atoms with Crippen LogP contribution in [-0.2, 0) is 5.41 Å². The molecule has 0 radical (unpaired) electrons. The molecule has 0 atom stereocenters. The Hall–Kier alpha value is -4.44. The van der Waals surface area contributed by atoms with Gasteiger partial charge < -0.3 is 14.4 Å². The maximum Gasteiger partial charge on any atom is 0.260 e. The molecular weight excluding hydrogens is 477 g/mol. The summed E-state index contributed by atoms with van der Waals surface area (Å²) in [6, 6.07) is 34.9. The summed E-state index contributed by atoms with van der Waals surface area (Å²) in [7, 11) is 0. The van der Waals surface area contributed by atoms with Gasteiger partial charge in [0.15, 0.2) is 0 Å². The van der Waals surface area contributed by atoms with E-state index in [4.69, 9.17) is 9.47 Å². The van der Waals surface area contributed by atoms with Gasteiger partial charge in [-0.3, -0.25) is 0 Å². The molecule has 3 aliphatic rings. The minimum Gasteiger partial charge on any atom is -0.458 e. The van der Waals surface area contributed by atoms with Crippen molar-refractivity contribution in [3.63, 3.8) is 0 Å². The predicted octanol–water partition coefficient (Wildman–Crippen LogP) is 7.14. The Labute approximate surface area is 229 Å². The van der Waals surface area contributed by atoms with Gasteiger partial charge in [-0.1, -0.05) is 85.6 Å². The molecule has 3 nitrogen and oxygen atoms in total. The Morgan fingerprint density at radius 2 is 1.08 bits per heavy atom. The second-order valence-corrected chi connectivity index (χ2v) is 11.6. The van der Waals surface area contributed by atoms with Gasteiger partial charge in [-0.05, 0) is 60.2 Å². The van der Waals surface area contributed by atoms with Crippen LogP contribution >= 0.6 is 0 Å². The van der Waals surface area contributed by atoms with Gasteiger partial charge in [0, 0.05) is 23.0 Å². The lowest BCUT2D eigenvalue weighted by Crippen LogP contribution is -2.57. The molecule has 5 aromatic carbocycles. The lowest BCUT2D eigenvalue weighted by Gasteiger charge is -2.42. The summed E-state index contributed by atoms with van der Waals surface area (Å²) in [6.45, 7) is 8.98. The number of para-hydroxylation sites is 2. The zero-order chi connectivity index (χ0) is 26.5. The third-order valence-electron chi connectivity index (χ3n) is 8.66. The fourth-order valence-corrected chi connectivity index (χ4v) is 6.81. The number of rotatable bonds is 1. The maximum absolute atomic E-state index is 6.67. The van der Waals surface area contributed by atoms with Crippen molar-refractivity contribution in [2.45, 2.75) is 33.1 Å². The van der Waals surface area contributed by atoms with Gasteiger partial charge in [0.05, 0.1) is 17.1 Å². The summed E-state index contributed by atoms with van der Waals surface area (Å²) in [5.74, 6) is 3.54. The lowest BCUT2D eigenvalue weighted by molar-refractivity contribution is 0.464. The highest BCUT2D eigenvalue weighted by molar-refractivity contribution is 6.98. The van der Waals surface area contributed by atoms with Crippen molar-refractivity contribution in [1.82, 2.24) is 0 Å². The van der Waals surface area contributed by atoms with Crippen LogP contribution in [0.15, 0.2) is 97.1 Å². The second kappa shape index (κ2) is 7.80. The van der Waals surface area contributed by atoms with E-state index in [1.807, 2.05) is 0 Å². The van der Waals surface area contributed by atoms with Crippen molar-refractivity contribution in [2.24, 2.45) is 0 Å². The van der Waals surface area contributed by atoms with Crippen molar-refractivity contribution < 1.29 is 9.47 Å². The molecule has 0 aromatic heterocycles. The predicted molar refractivity (Wildman–Crippen MR) is 160 cm³/mol. The molecule has 0 unspecified atom stereocenters. The number of hydrogen-bond acceptors (Lipinski definition) is 3. The number of benzene rings is 5. The first-order valence-corrected chi connectivity index (χ1v) is 13.6. The SMILES string of the molecule is Cc1ccc2c(c1)B1c3cc(C)ccc3Oc3cc(N4c5ccccc5C(C)(C)c5ccccc54)cc(c31)O2. The van der Waals surface area contributed by atoms with Crippen molar-refractivity contribution >= 4 is 40.2 Å². The standard InChI is InChI=1S/C35H28BNO2/c1-21-13-15-30-26(17-21)36-27-18-22(2)14-16-31(27)39-33-20-23(19-32(38-30)34(33)36)37-28-11-7-5-9-24(28)35(3,4)25-10-6-8-12-29(25)37/h5-20H,1-4H3. The molecule has 0 fully saturated rings. The topological polar surface area (TPSA) is 21.7 Å². The minimum atomic E-state index is -0.113. The van der Waals surface area contributed by atoms with Gasteiger partial charge in [-0.2, -0.15) is 0 Å². The normalized spacial score (nSPS) is 15.2. The molecule has 0 saturated heterocycles. The van der Waals surface area contributed by atoms with Gasteiger partial charge in [0.2, 0.25) is 0 Å². The Kier molecular flexibility index (Phi) is 4.51. The lowest BCUT2D eigenvalue weighted by atomic mass is 9.34. The molecule has 3 aliphatic heterocycles. The van der Waals surface area contributed by atoms with Crippen molar-refractivity contribution in [3.05, 3.63) is 119 Å². The molecule has 0 amide bonds. The van der Waals surface area contributed by atoms with E-state index in [-0.39, 0.29) is 12.1 Å². The van der Waals surface area contributed by atoms with Crippen LogP contribution in [0, 0.1) is 13.8 Å². The van der Waals surface area contributed by atoms with Crippen LogP contribution in [-0.4, -0.2) is 6.71 Å². The highest BCUT2D eigenvalue weighted by atomic mass is 16.5. The summed E-state index contributed by atoms with van der Waals surface area (Å²) >= 11 is 0. The third kappa shape index (κ3) is 3.12. The smallest absolute Gasteiger partial charge is 0.260 e. The molecule has 39 heavy (non-hydrogen) atoms. The fourth-order valence-electron chi connectivity index (χ4n) is 6.81. The van der Waals surface area contributed by atoms with Crippen LogP contribution in [0.1, 0.15) is 36.1 Å². The molecule has 8 rings (SSSR count). The Morgan fingerprint density at radius 3 is 1.59 bits per heavy atom. The van der Waals surface area contributed by atoms with E-state index in [1.165, 1.54) is 44.6 Å². The minimum absolute atomic E-state index is 0.0659. The highest BCUT2D eigenvalue weighted by Gasteiger charge is 2.42. The van der Waals surface area contributed by atoms with Crippen molar-refractivity contribution in [1.29, 1.82) is 0 Å². The van der Waals surface area contributed by atoms with Crippen LogP contribution in [0.4, 0.5) is 17.1 Å². The molecule has 3 heterocycles. The van der Waals surface area contributed by atoms with Gasteiger partial charge >= 0.3 is 0 Å². The average Bonchev–Trinajstić information content (AvgIpc) is 2.93. The molecule has 0 saturated carbocycles. The van der Waals surface area contributed by atoms with E-state index in [2.05, 4.69) is 130 Å². The first-order valence-electron chi connectivity index (χ1n) is 13.6. The Morgan fingerprint density at radius 1 is 0.590 bits per heavy atom. The zero-order valence-corrected chi connectivity index (χ0v) is 22.6. The summed E-state index contributed by atoms with van der Waals surface area (Å²) in [5.41, 5.74) is 11.8. The highest BCUT2D eigenvalue weighted by Crippen LogP contribution is 2.52. The quantitative estimate of drug-likeness (QED) is 0.222. The van der Waals surface area contributed by atoms with E-state index in [0.29, 0.717) is 0 Å². The van der Waals surface area contributed by atoms with Crippen LogP contribution in [0.25, 0.3) is 0 Å². The summed E-state index contributed by atoms with van der Waals surface area (Å²) < 4.78 is 13.3. The molecule has 0 bridgehead atoms. The van der Waals surface area contributed by atoms with Gasteiger partial charge in [-0.25, -0.2) is 0 Å². The number of aryl methyl sites for hydroxylation is 2. The van der Waals surface area contributed by atoms with Crippen LogP contribution < -0.4 is 30.8 Å². The van der Waals surface area contributed by atoms with Gasteiger partial charge in [0.1, 0.15) is 23.0 Å². The fraction of sp³-hybridized carbons (Fsp3) is 0.143. The Balaban J connectivity index is 1.39. The number of hydrogen-bond donors (Lipinski definition) is 0. The number of ether oxygens (including phenoxy) is 2. The molecule has 5 aromatic rings. The second-order valence-electron chi connectivity index (χ2n) is 11.6. The van der Waals surface area contributed by atoms with Gasteiger partial charge in [0.25, 0.3) is 6.71 Å². The maximum atomic E-state index is 6.67. The number of anilines is 3. The molecule has 0 N–H and O–H groups in total. The van der Waals surface area contributed by atoms with E-state index >= 15 is 0 Å². The molecule has 0 spiro atoms. The third-order valence-corrected chi connectivity index (χ3v) is 8.66. The summed E-state index contributed by atoms with van der Waals surface area (Å²) in [4.78, 5) is 2.36. The molecule has 4 heteroatoms. The monoisotopic (exact) mass is 505 g/mol. The van der Waals surface area contributed by atoms with E-state index in [0.717, 1.165) is 34.1 Å². The van der Waals surface area contributed by atoms with E-state index in [9.17, 15) is 0 Å². The van der Waals surface area contributed by atoms with E-state index in [1.54, 1.807) is 0 Å². The number of fused-ring (bicyclic) bond motifs is 6. The largest absolute Gasteiger partial charge is 0.458 e. The molecular formula is C35H28BNO2.